The number of aromatic amines is 1. The number of carbonyl (C=O) groups is 1. The van der Waals surface area contributed by atoms with E-state index in [0.717, 1.165) is 42.5 Å². The van der Waals surface area contributed by atoms with Gasteiger partial charge in [0.05, 0.1) is 30.8 Å². The van der Waals surface area contributed by atoms with Crippen molar-refractivity contribution in [2.24, 2.45) is 0 Å². The molecule has 1 saturated heterocycles. The summed E-state index contributed by atoms with van der Waals surface area (Å²) in [5.41, 5.74) is 1.75. The van der Waals surface area contributed by atoms with E-state index in [1.807, 2.05) is 18.2 Å². The maximum atomic E-state index is 11.9. The Balaban J connectivity index is 1.44. The van der Waals surface area contributed by atoms with Crippen LogP contribution in [0.15, 0.2) is 24.4 Å². The minimum absolute atomic E-state index is 0.0215. The van der Waals surface area contributed by atoms with E-state index < -0.39 is 0 Å². The summed E-state index contributed by atoms with van der Waals surface area (Å²) >= 11 is 0. The van der Waals surface area contributed by atoms with Crippen LogP contribution in [-0.2, 0) is 9.53 Å². The number of rotatable bonds is 5. The second-order valence-electron chi connectivity index (χ2n) is 5.29. The predicted molar refractivity (Wildman–Crippen MR) is 81.2 cm³/mol. The fourth-order valence-electron chi connectivity index (χ4n) is 2.52. The molecule has 0 unspecified atom stereocenters. The number of aromatic nitrogens is 2. The van der Waals surface area contributed by atoms with E-state index in [4.69, 9.17) is 4.74 Å². The molecule has 3 N–H and O–H groups in total. The van der Waals surface area contributed by atoms with Gasteiger partial charge in [-0.15, -0.1) is 0 Å². The normalized spacial score (nSPS) is 16.2. The summed E-state index contributed by atoms with van der Waals surface area (Å²) in [4.78, 5) is 11.9. The maximum Gasteiger partial charge on any atom is 0.226 e. The van der Waals surface area contributed by atoms with Crippen LogP contribution in [0.4, 0.5) is 5.69 Å². The van der Waals surface area contributed by atoms with Crippen molar-refractivity contribution in [2.45, 2.75) is 25.4 Å². The van der Waals surface area contributed by atoms with Crippen molar-refractivity contribution in [3.63, 3.8) is 0 Å². The average Bonchev–Trinajstić information content (AvgIpc) is 2.96. The van der Waals surface area contributed by atoms with Crippen LogP contribution in [0.3, 0.4) is 0 Å². The van der Waals surface area contributed by atoms with Crippen LogP contribution in [0, 0.1) is 0 Å². The monoisotopic (exact) mass is 288 g/mol. The van der Waals surface area contributed by atoms with Crippen molar-refractivity contribution in [1.29, 1.82) is 0 Å². The molecule has 112 valence electrons. The molecule has 21 heavy (non-hydrogen) atoms. The molecule has 6 heteroatoms. The third-order valence-electron chi connectivity index (χ3n) is 3.69. The van der Waals surface area contributed by atoms with E-state index in [9.17, 15) is 4.79 Å². The van der Waals surface area contributed by atoms with Crippen LogP contribution < -0.4 is 10.6 Å². The molecule has 0 radical (unpaired) electrons. The molecule has 2 heterocycles. The third kappa shape index (κ3) is 3.80. The number of H-pyrrole nitrogens is 1. The van der Waals surface area contributed by atoms with Gasteiger partial charge in [0.25, 0.3) is 0 Å². The molecule has 2 aromatic rings. The van der Waals surface area contributed by atoms with Gasteiger partial charge in [-0.1, -0.05) is 0 Å². The number of anilines is 1. The lowest BCUT2D eigenvalue weighted by Gasteiger charge is -2.22. The number of piperidine rings is 1. The molecule has 0 saturated carbocycles. The van der Waals surface area contributed by atoms with Crippen molar-refractivity contribution in [3.05, 3.63) is 24.4 Å². The number of hydrogen-bond acceptors (Lipinski definition) is 4. The second-order valence-corrected chi connectivity index (χ2v) is 5.29. The first kappa shape index (κ1) is 14.0. The number of fused-ring (bicyclic) bond motifs is 1. The number of hydrogen-bond donors (Lipinski definition) is 3. The highest BCUT2D eigenvalue weighted by atomic mass is 16.5. The number of nitrogens with one attached hydrogen (secondary N) is 3. The average molecular weight is 288 g/mol. The number of nitrogens with zero attached hydrogens (tertiary/aromatic N) is 1. The van der Waals surface area contributed by atoms with Crippen LogP contribution in [0.1, 0.15) is 19.3 Å². The Labute approximate surface area is 123 Å². The van der Waals surface area contributed by atoms with Gasteiger partial charge in [-0.25, -0.2) is 0 Å². The molecule has 6 nitrogen and oxygen atoms in total. The Morgan fingerprint density at radius 1 is 1.38 bits per heavy atom. The maximum absolute atomic E-state index is 11.9. The summed E-state index contributed by atoms with van der Waals surface area (Å²) in [6, 6.07) is 5.68. The molecular formula is C15H20N4O2. The van der Waals surface area contributed by atoms with Gasteiger partial charge in [0.2, 0.25) is 5.91 Å². The Bertz CT molecular complexity index is 604. The lowest BCUT2D eigenvalue weighted by atomic mass is 10.1. The van der Waals surface area contributed by atoms with Crippen LogP contribution >= 0.6 is 0 Å². The number of carbonyl (C=O) groups excluding carboxylic acids is 1. The van der Waals surface area contributed by atoms with E-state index in [1.54, 1.807) is 6.20 Å². The van der Waals surface area contributed by atoms with E-state index in [1.165, 1.54) is 0 Å². The van der Waals surface area contributed by atoms with Crippen LogP contribution in [-0.4, -0.2) is 41.9 Å². The van der Waals surface area contributed by atoms with E-state index in [2.05, 4.69) is 20.8 Å². The Morgan fingerprint density at radius 3 is 3.10 bits per heavy atom. The standard InChI is InChI=1S/C15H20N4O2/c20-15(5-8-21-13-3-6-16-7-4-13)18-12-1-2-14-11(9-12)10-17-19-14/h1-2,9-10,13,16H,3-8H2,(H,17,19)(H,18,20). The molecule has 1 fully saturated rings. The summed E-state index contributed by atoms with van der Waals surface area (Å²) < 4.78 is 5.73. The van der Waals surface area contributed by atoms with Gasteiger partial charge in [-0.2, -0.15) is 5.10 Å². The smallest absolute Gasteiger partial charge is 0.226 e. The fourth-order valence-corrected chi connectivity index (χ4v) is 2.52. The van der Waals surface area contributed by atoms with Crippen molar-refractivity contribution in [3.8, 4) is 0 Å². The summed E-state index contributed by atoms with van der Waals surface area (Å²) in [6.07, 6.45) is 4.47. The third-order valence-corrected chi connectivity index (χ3v) is 3.69. The topological polar surface area (TPSA) is 79.0 Å². The number of amides is 1. The first-order valence-corrected chi connectivity index (χ1v) is 7.36. The molecule has 0 atom stereocenters. The minimum atomic E-state index is -0.0215. The molecule has 1 amide bonds. The Hall–Kier alpha value is -1.92. The highest BCUT2D eigenvalue weighted by Crippen LogP contribution is 2.16. The van der Waals surface area contributed by atoms with Crippen molar-refractivity contribution in [2.75, 3.05) is 25.0 Å². The largest absolute Gasteiger partial charge is 0.378 e. The lowest BCUT2D eigenvalue weighted by Crippen LogP contribution is -2.33. The second kappa shape index (κ2) is 6.69. The van der Waals surface area contributed by atoms with Gasteiger partial charge in [-0.3, -0.25) is 9.89 Å². The molecule has 1 aliphatic rings. The molecule has 0 bridgehead atoms. The van der Waals surface area contributed by atoms with E-state index >= 15 is 0 Å². The van der Waals surface area contributed by atoms with E-state index in [0.29, 0.717) is 19.1 Å². The first-order valence-electron chi connectivity index (χ1n) is 7.36. The zero-order chi connectivity index (χ0) is 14.5. The van der Waals surface area contributed by atoms with Gasteiger partial charge >= 0.3 is 0 Å². The van der Waals surface area contributed by atoms with Crippen LogP contribution in [0.2, 0.25) is 0 Å². The number of ether oxygens (including phenoxy) is 1. The zero-order valence-electron chi connectivity index (χ0n) is 11.9. The van der Waals surface area contributed by atoms with Gasteiger partial charge in [0.15, 0.2) is 0 Å². The van der Waals surface area contributed by atoms with Crippen molar-refractivity contribution >= 4 is 22.5 Å². The summed E-state index contributed by atoms with van der Waals surface area (Å²) in [6.45, 7) is 2.48. The van der Waals surface area contributed by atoms with Crippen LogP contribution in [0.25, 0.3) is 10.9 Å². The first-order chi connectivity index (χ1) is 10.3. The SMILES string of the molecule is O=C(CCOC1CCNCC1)Nc1ccc2[nH]ncc2c1. The quantitative estimate of drug-likeness (QED) is 0.782. The molecular weight excluding hydrogens is 268 g/mol. The minimum Gasteiger partial charge on any atom is -0.378 e. The van der Waals surface area contributed by atoms with Gasteiger partial charge in [0, 0.05) is 11.1 Å². The summed E-state index contributed by atoms with van der Waals surface area (Å²) in [7, 11) is 0. The summed E-state index contributed by atoms with van der Waals surface area (Å²) in [5, 5.41) is 14.0. The molecule has 1 aliphatic heterocycles. The predicted octanol–water partition coefficient (Wildman–Crippen LogP) is 1.66. The molecule has 3 rings (SSSR count). The molecule has 0 aliphatic carbocycles. The summed E-state index contributed by atoms with van der Waals surface area (Å²) in [5.74, 6) is -0.0215. The van der Waals surface area contributed by atoms with Crippen LogP contribution in [0.5, 0.6) is 0 Å². The lowest BCUT2D eigenvalue weighted by molar-refractivity contribution is -0.117. The molecule has 1 aromatic carbocycles. The number of benzene rings is 1. The molecule has 0 spiro atoms. The Morgan fingerprint density at radius 2 is 2.24 bits per heavy atom. The zero-order valence-corrected chi connectivity index (χ0v) is 11.9. The van der Waals surface area contributed by atoms with E-state index in [-0.39, 0.29) is 5.91 Å². The van der Waals surface area contributed by atoms with Crippen molar-refractivity contribution in [1.82, 2.24) is 15.5 Å². The van der Waals surface area contributed by atoms with Gasteiger partial charge in [0.1, 0.15) is 0 Å². The van der Waals surface area contributed by atoms with Gasteiger partial charge in [-0.05, 0) is 44.1 Å². The van der Waals surface area contributed by atoms with Crippen molar-refractivity contribution < 1.29 is 9.53 Å². The highest BCUT2D eigenvalue weighted by molar-refractivity contribution is 5.93. The highest BCUT2D eigenvalue weighted by Gasteiger charge is 2.13. The van der Waals surface area contributed by atoms with Gasteiger partial charge < -0.3 is 15.4 Å². The Kier molecular flexibility index (Phi) is 4.47. The fraction of sp³-hybridized carbons (Fsp3) is 0.467. The molecule has 1 aromatic heterocycles.